The zero-order valence-electron chi connectivity index (χ0n) is 13.2. The fraction of sp³-hybridized carbons (Fsp3) is 1.00. The molecule has 0 spiro atoms. The molecule has 0 aromatic rings. The van der Waals surface area contributed by atoms with Crippen LogP contribution in [0.3, 0.4) is 0 Å². The van der Waals surface area contributed by atoms with E-state index in [1.807, 2.05) is 0 Å². The Balaban J connectivity index is 1.87. The van der Waals surface area contributed by atoms with Crippen LogP contribution in [-0.2, 0) is 0 Å². The molecule has 1 N–H and O–H groups in total. The summed E-state index contributed by atoms with van der Waals surface area (Å²) in [4.78, 5) is 2.57. The molecule has 0 amide bonds. The molecular formula is C17H33NO. The smallest absolute Gasteiger partial charge is 0.0499 e. The zero-order valence-corrected chi connectivity index (χ0v) is 13.2. The van der Waals surface area contributed by atoms with Gasteiger partial charge in [-0.15, -0.1) is 0 Å². The van der Waals surface area contributed by atoms with Crippen LogP contribution in [0.1, 0.15) is 65.2 Å². The summed E-state index contributed by atoms with van der Waals surface area (Å²) in [6.07, 6.45) is 10.5. The SMILES string of the molecule is CC1CCC(N(C)CC2(CO)CCC(C)CC2)CC1. The van der Waals surface area contributed by atoms with E-state index in [9.17, 15) is 5.11 Å². The van der Waals surface area contributed by atoms with Crippen LogP contribution < -0.4 is 0 Å². The Bertz CT molecular complexity index is 262. The summed E-state index contributed by atoms with van der Waals surface area (Å²) in [7, 11) is 2.29. The highest BCUT2D eigenvalue weighted by Gasteiger charge is 2.36. The van der Waals surface area contributed by atoms with Crippen molar-refractivity contribution in [2.24, 2.45) is 17.3 Å². The van der Waals surface area contributed by atoms with E-state index in [-0.39, 0.29) is 5.41 Å². The first-order chi connectivity index (χ1) is 9.04. The number of hydrogen-bond donors (Lipinski definition) is 1. The Morgan fingerprint density at radius 3 is 2.00 bits per heavy atom. The van der Waals surface area contributed by atoms with E-state index in [1.165, 1.54) is 51.4 Å². The van der Waals surface area contributed by atoms with Crippen molar-refractivity contribution < 1.29 is 5.11 Å². The molecule has 0 aliphatic heterocycles. The summed E-state index contributed by atoms with van der Waals surface area (Å²) < 4.78 is 0. The summed E-state index contributed by atoms with van der Waals surface area (Å²) in [5.74, 6) is 1.78. The van der Waals surface area contributed by atoms with E-state index >= 15 is 0 Å². The Morgan fingerprint density at radius 1 is 0.947 bits per heavy atom. The van der Waals surface area contributed by atoms with Gasteiger partial charge >= 0.3 is 0 Å². The molecular weight excluding hydrogens is 234 g/mol. The van der Waals surface area contributed by atoms with Gasteiger partial charge in [0.15, 0.2) is 0 Å². The van der Waals surface area contributed by atoms with Crippen molar-refractivity contribution in [1.82, 2.24) is 4.90 Å². The fourth-order valence-corrected chi connectivity index (χ4v) is 4.08. The number of aliphatic hydroxyl groups is 1. The van der Waals surface area contributed by atoms with Crippen LogP contribution in [0.2, 0.25) is 0 Å². The molecule has 0 heterocycles. The molecule has 2 fully saturated rings. The molecule has 2 heteroatoms. The number of nitrogens with zero attached hydrogens (tertiary/aromatic N) is 1. The van der Waals surface area contributed by atoms with Gasteiger partial charge in [0.25, 0.3) is 0 Å². The minimum Gasteiger partial charge on any atom is -0.396 e. The highest BCUT2D eigenvalue weighted by atomic mass is 16.3. The summed E-state index contributed by atoms with van der Waals surface area (Å²) in [6.45, 7) is 6.23. The lowest BCUT2D eigenvalue weighted by molar-refractivity contribution is 0.0177. The predicted molar refractivity (Wildman–Crippen MR) is 81.2 cm³/mol. The maximum Gasteiger partial charge on any atom is 0.0499 e. The minimum atomic E-state index is 0.199. The van der Waals surface area contributed by atoms with Crippen molar-refractivity contribution in [3.05, 3.63) is 0 Å². The summed E-state index contributed by atoms with van der Waals surface area (Å²) >= 11 is 0. The van der Waals surface area contributed by atoms with E-state index in [1.54, 1.807) is 0 Å². The number of rotatable bonds is 4. The largest absolute Gasteiger partial charge is 0.396 e. The van der Waals surface area contributed by atoms with E-state index in [0.29, 0.717) is 6.61 Å². The normalized spacial score (nSPS) is 40.6. The van der Waals surface area contributed by atoms with Crippen molar-refractivity contribution in [2.45, 2.75) is 71.3 Å². The maximum absolute atomic E-state index is 9.89. The van der Waals surface area contributed by atoms with E-state index < -0.39 is 0 Å². The van der Waals surface area contributed by atoms with E-state index in [0.717, 1.165) is 24.4 Å². The predicted octanol–water partition coefficient (Wildman–Crippen LogP) is 3.69. The average molecular weight is 267 g/mol. The van der Waals surface area contributed by atoms with Gasteiger partial charge in [-0.2, -0.15) is 0 Å². The van der Waals surface area contributed by atoms with Gasteiger partial charge in [-0.05, 0) is 57.4 Å². The molecule has 112 valence electrons. The van der Waals surface area contributed by atoms with Gasteiger partial charge in [0.2, 0.25) is 0 Å². The van der Waals surface area contributed by atoms with Gasteiger partial charge in [0.1, 0.15) is 0 Å². The van der Waals surface area contributed by atoms with Crippen LogP contribution >= 0.6 is 0 Å². The molecule has 0 radical (unpaired) electrons. The second-order valence-corrected chi connectivity index (χ2v) is 7.67. The van der Waals surface area contributed by atoms with Gasteiger partial charge < -0.3 is 10.0 Å². The van der Waals surface area contributed by atoms with Crippen molar-refractivity contribution in [3.8, 4) is 0 Å². The first-order valence-corrected chi connectivity index (χ1v) is 8.36. The van der Waals surface area contributed by atoms with E-state index in [2.05, 4.69) is 25.8 Å². The lowest BCUT2D eigenvalue weighted by Crippen LogP contribution is -2.45. The zero-order chi connectivity index (χ0) is 13.9. The Labute approximate surface area is 119 Å². The van der Waals surface area contributed by atoms with Crippen LogP contribution in [0.4, 0.5) is 0 Å². The molecule has 0 saturated heterocycles. The molecule has 2 aliphatic carbocycles. The molecule has 0 unspecified atom stereocenters. The standard InChI is InChI=1S/C17H33NO/c1-14-4-6-16(7-5-14)18(3)12-17(13-19)10-8-15(2)9-11-17/h14-16,19H,4-13H2,1-3H3. The van der Waals surface area contributed by atoms with Crippen LogP contribution in [0.5, 0.6) is 0 Å². The second-order valence-electron chi connectivity index (χ2n) is 7.67. The molecule has 2 rings (SSSR count). The van der Waals surface area contributed by atoms with Crippen molar-refractivity contribution >= 4 is 0 Å². The molecule has 0 aromatic heterocycles. The van der Waals surface area contributed by atoms with Crippen LogP contribution in [0, 0.1) is 17.3 Å². The quantitative estimate of drug-likeness (QED) is 0.840. The highest BCUT2D eigenvalue weighted by Crippen LogP contribution is 2.40. The van der Waals surface area contributed by atoms with Crippen LogP contribution in [-0.4, -0.2) is 36.2 Å². The van der Waals surface area contributed by atoms with Gasteiger partial charge in [0, 0.05) is 24.6 Å². The molecule has 0 bridgehead atoms. The third-order valence-corrected chi connectivity index (χ3v) is 5.86. The monoisotopic (exact) mass is 267 g/mol. The highest BCUT2D eigenvalue weighted by molar-refractivity contribution is 4.88. The average Bonchev–Trinajstić information content (AvgIpc) is 2.42. The minimum absolute atomic E-state index is 0.199. The molecule has 2 nitrogen and oxygen atoms in total. The van der Waals surface area contributed by atoms with Crippen molar-refractivity contribution in [1.29, 1.82) is 0 Å². The van der Waals surface area contributed by atoms with Crippen molar-refractivity contribution in [3.63, 3.8) is 0 Å². The fourth-order valence-electron chi connectivity index (χ4n) is 4.08. The summed E-state index contributed by atoms with van der Waals surface area (Å²) in [5, 5.41) is 9.89. The lowest BCUT2D eigenvalue weighted by atomic mass is 9.70. The Morgan fingerprint density at radius 2 is 1.47 bits per heavy atom. The maximum atomic E-state index is 9.89. The Kier molecular flexibility index (Phi) is 5.30. The molecule has 0 atom stereocenters. The van der Waals surface area contributed by atoms with Crippen molar-refractivity contribution in [2.75, 3.05) is 20.2 Å². The second kappa shape index (κ2) is 6.58. The molecule has 2 aliphatic rings. The van der Waals surface area contributed by atoms with Gasteiger partial charge in [-0.3, -0.25) is 0 Å². The first-order valence-electron chi connectivity index (χ1n) is 8.36. The third-order valence-electron chi connectivity index (χ3n) is 5.86. The van der Waals surface area contributed by atoms with Crippen LogP contribution in [0.15, 0.2) is 0 Å². The molecule has 19 heavy (non-hydrogen) atoms. The van der Waals surface area contributed by atoms with Crippen LogP contribution in [0.25, 0.3) is 0 Å². The first kappa shape index (κ1) is 15.3. The Hall–Kier alpha value is -0.0800. The number of hydrogen-bond acceptors (Lipinski definition) is 2. The topological polar surface area (TPSA) is 23.5 Å². The summed E-state index contributed by atoms with van der Waals surface area (Å²) in [5.41, 5.74) is 0.199. The van der Waals surface area contributed by atoms with Gasteiger partial charge in [0.05, 0.1) is 0 Å². The molecule has 2 saturated carbocycles. The van der Waals surface area contributed by atoms with E-state index in [4.69, 9.17) is 0 Å². The van der Waals surface area contributed by atoms with Gasteiger partial charge in [-0.25, -0.2) is 0 Å². The van der Waals surface area contributed by atoms with Gasteiger partial charge in [-0.1, -0.05) is 26.7 Å². The summed E-state index contributed by atoms with van der Waals surface area (Å²) in [6, 6.07) is 0.763. The third kappa shape index (κ3) is 3.95. The number of aliphatic hydroxyl groups excluding tert-OH is 1. The molecule has 0 aromatic carbocycles. The lowest BCUT2D eigenvalue weighted by Gasteiger charge is -2.43.